The number of anilines is 1. The second kappa shape index (κ2) is 6.32. The van der Waals surface area contributed by atoms with Gasteiger partial charge in [-0.3, -0.25) is 4.79 Å². The highest BCUT2D eigenvalue weighted by molar-refractivity contribution is 5.96. The third-order valence-corrected chi connectivity index (χ3v) is 2.52. The molecular formula is C12H17FN2O3. The van der Waals surface area contributed by atoms with Crippen LogP contribution in [0.5, 0.6) is 5.75 Å². The highest BCUT2D eigenvalue weighted by Gasteiger charge is 2.19. The predicted molar refractivity (Wildman–Crippen MR) is 66.2 cm³/mol. The van der Waals surface area contributed by atoms with Gasteiger partial charge >= 0.3 is 0 Å². The van der Waals surface area contributed by atoms with E-state index in [2.05, 4.69) is 0 Å². The minimum atomic E-state index is -0.773. The zero-order valence-corrected chi connectivity index (χ0v) is 10.6. The van der Waals surface area contributed by atoms with Crippen LogP contribution in [0, 0.1) is 5.82 Å². The van der Waals surface area contributed by atoms with Crippen LogP contribution in [0.15, 0.2) is 18.2 Å². The van der Waals surface area contributed by atoms with Crippen molar-refractivity contribution in [2.45, 2.75) is 6.04 Å². The number of likely N-dealkylation sites (N-methyl/N-ethyl adjacent to an activating group) is 1. The van der Waals surface area contributed by atoms with Crippen molar-refractivity contribution < 1.29 is 18.7 Å². The quantitative estimate of drug-likeness (QED) is 0.845. The van der Waals surface area contributed by atoms with Crippen molar-refractivity contribution in [2.24, 2.45) is 5.73 Å². The molecule has 6 heteroatoms. The summed E-state index contributed by atoms with van der Waals surface area (Å²) in [7, 11) is 4.36. The van der Waals surface area contributed by atoms with Gasteiger partial charge in [-0.2, -0.15) is 0 Å². The molecule has 1 atom stereocenters. The normalized spacial score (nSPS) is 12.1. The summed E-state index contributed by atoms with van der Waals surface area (Å²) in [5, 5.41) is 0. The molecule has 0 aliphatic carbocycles. The van der Waals surface area contributed by atoms with E-state index >= 15 is 0 Å². The molecule has 0 spiro atoms. The lowest BCUT2D eigenvalue weighted by Crippen LogP contribution is -2.44. The summed E-state index contributed by atoms with van der Waals surface area (Å²) in [5.41, 5.74) is 6.03. The monoisotopic (exact) mass is 256 g/mol. The maximum Gasteiger partial charge on any atom is 0.246 e. The van der Waals surface area contributed by atoms with Gasteiger partial charge in [-0.25, -0.2) is 4.39 Å². The molecule has 0 saturated carbocycles. The molecule has 0 bridgehead atoms. The molecule has 0 saturated heterocycles. The van der Waals surface area contributed by atoms with E-state index in [1.165, 1.54) is 38.3 Å². The van der Waals surface area contributed by atoms with Gasteiger partial charge in [-0.05, 0) is 12.1 Å². The maximum absolute atomic E-state index is 13.5. The summed E-state index contributed by atoms with van der Waals surface area (Å²) >= 11 is 0. The Labute approximate surface area is 105 Å². The van der Waals surface area contributed by atoms with E-state index in [9.17, 15) is 9.18 Å². The van der Waals surface area contributed by atoms with Gasteiger partial charge in [0.25, 0.3) is 0 Å². The fourth-order valence-corrected chi connectivity index (χ4v) is 1.49. The van der Waals surface area contributed by atoms with Gasteiger partial charge in [0.1, 0.15) is 6.04 Å². The van der Waals surface area contributed by atoms with E-state index in [1.54, 1.807) is 6.07 Å². The number of methoxy groups -OCH3 is 2. The summed E-state index contributed by atoms with van der Waals surface area (Å²) in [4.78, 5) is 13.2. The number of carbonyl (C=O) groups is 1. The number of nitrogens with zero attached hydrogens (tertiary/aromatic N) is 1. The Morgan fingerprint density at radius 1 is 1.50 bits per heavy atom. The van der Waals surface area contributed by atoms with Crippen molar-refractivity contribution in [1.29, 1.82) is 0 Å². The van der Waals surface area contributed by atoms with Gasteiger partial charge in [0, 0.05) is 25.9 Å². The Morgan fingerprint density at radius 2 is 2.17 bits per heavy atom. The SMILES string of the molecule is COCC(N)C(=O)N(C)c1ccc(OC)c(F)c1. The van der Waals surface area contributed by atoms with Crippen LogP contribution in [0.3, 0.4) is 0 Å². The molecule has 18 heavy (non-hydrogen) atoms. The molecule has 0 aliphatic rings. The predicted octanol–water partition coefficient (Wildman–Crippen LogP) is 0.771. The summed E-state index contributed by atoms with van der Waals surface area (Å²) < 4.78 is 23.1. The van der Waals surface area contributed by atoms with E-state index in [0.29, 0.717) is 5.69 Å². The molecule has 0 aromatic heterocycles. The molecule has 5 nitrogen and oxygen atoms in total. The fraction of sp³-hybridized carbons (Fsp3) is 0.417. The lowest BCUT2D eigenvalue weighted by Gasteiger charge is -2.21. The molecule has 1 rings (SSSR count). The highest BCUT2D eigenvalue weighted by Crippen LogP contribution is 2.23. The van der Waals surface area contributed by atoms with Crippen molar-refractivity contribution in [3.8, 4) is 5.75 Å². The first-order valence-corrected chi connectivity index (χ1v) is 5.37. The lowest BCUT2D eigenvalue weighted by molar-refractivity contribution is -0.120. The minimum absolute atomic E-state index is 0.113. The Kier molecular flexibility index (Phi) is 5.06. The Bertz CT molecular complexity index is 426. The smallest absolute Gasteiger partial charge is 0.246 e. The van der Waals surface area contributed by atoms with Crippen LogP contribution in [0.25, 0.3) is 0 Å². The second-order valence-electron chi connectivity index (χ2n) is 3.78. The summed E-state index contributed by atoms with van der Waals surface area (Å²) in [6.07, 6.45) is 0. The van der Waals surface area contributed by atoms with Crippen LogP contribution in [0.1, 0.15) is 0 Å². The molecule has 1 aromatic carbocycles. The summed E-state index contributed by atoms with van der Waals surface area (Å²) in [5.74, 6) is -0.753. The van der Waals surface area contributed by atoms with E-state index < -0.39 is 11.9 Å². The first kappa shape index (κ1) is 14.4. The minimum Gasteiger partial charge on any atom is -0.494 e. The van der Waals surface area contributed by atoms with Gasteiger partial charge in [-0.15, -0.1) is 0 Å². The summed E-state index contributed by atoms with van der Waals surface area (Å²) in [6, 6.07) is 3.48. The molecule has 100 valence electrons. The third kappa shape index (κ3) is 3.18. The number of hydrogen-bond acceptors (Lipinski definition) is 4. The molecule has 0 radical (unpaired) electrons. The fourth-order valence-electron chi connectivity index (χ4n) is 1.49. The number of benzene rings is 1. The van der Waals surface area contributed by atoms with Crippen molar-refractivity contribution in [3.05, 3.63) is 24.0 Å². The topological polar surface area (TPSA) is 64.8 Å². The zero-order chi connectivity index (χ0) is 13.7. The number of hydrogen-bond donors (Lipinski definition) is 1. The number of nitrogens with two attached hydrogens (primary N) is 1. The summed E-state index contributed by atoms with van der Waals surface area (Å²) in [6.45, 7) is 0.113. The first-order chi connectivity index (χ1) is 8.51. The Balaban J connectivity index is 2.87. The average Bonchev–Trinajstić information content (AvgIpc) is 2.37. The van der Waals surface area contributed by atoms with Crippen LogP contribution in [0.2, 0.25) is 0 Å². The standard InChI is InChI=1S/C12H17FN2O3/c1-15(12(16)10(14)7-17-2)8-4-5-11(18-3)9(13)6-8/h4-6,10H,7,14H2,1-3H3. The molecule has 2 N–H and O–H groups in total. The van der Waals surface area contributed by atoms with Crippen molar-refractivity contribution in [1.82, 2.24) is 0 Å². The van der Waals surface area contributed by atoms with Crippen LogP contribution in [-0.4, -0.2) is 39.8 Å². The van der Waals surface area contributed by atoms with E-state index in [4.69, 9.17) is 15.2 Å². The second-order valence-corrected chi connectivity index (χ2v) is 3.78. The lowest BCUT2D eigenvalue weighted by atomic mass is 10.2. The molecular weight excluding hydrogens is 239 g/mol. The van der Waals surface area contributed by atoms with Gasteiger partial charge in [0.15, 0.2) is 11.6 Å². The van der Waals surface area contributed by atoms with Gasteiger partial charge in [0.2, 0.25) is 5.91 Å². The molecule has 1 unspecified atom stereocenters. The van der Waals surface area contributed by atoms with Gasteiger partial charge < -0.3 is 20.1 Å². The number of carbonyl (C=O) groups excluding carboxylic acids is 1. The van der Waals surface area contributed by atoms with E-state index in [1.807, 2.05) is 0 Å². The van der Waals surface area contributed by atoms with Crippen LogP contribution >= 0.6 is 0 Å². The Morgan fingerprint density at radius 3 is 2.67 bits per heavy atom. The molecule has 0 fully saturated rings. The van der Waals surface area contributed by atoms with E-state index in [-0.39, 0.29) is 18.3 Å². The largest absolute Gasteiger partial charge is 0.494 e. The number of ether oxygens (including phenoxy) is 2. The van der Waals surface area contributed by atoms with Crippen LogP contribution < -0.4 is 15.4 Å². The average molecular weight is 256 g/mol. The third-order valence-electron chi connectivity index (χ3n) is 2.52. The zero-order valence-electron chi connectivity index (χ0n) is 10.6. The molecule has 1 aromatic rings. The van der Waals surface area contributed by atoms with Crippen LogP contribution in [-0.2, 0) is 9.53 Å². The highest BCUT2D eigenvalue weighted by atomic mass is 19.1. The van der Waals surface area contributed by atoms with Gasteiger partial charge in [0.05, 0.1) is 13.7 Å². The van der Waals surface area contributed by atoms with Crippen LogP contribution in [0.4, 0.5) is 10.1 Å². The van der Waals surface area contributed by atoms with E-state index in [0.717, 1.165) is 0 Å². The van der Waals surface area contributed by atoms with Crippen molar-refractivity contribution in [2.75, 3.05) is 32.8 Å². The molecule has 0 heterocycles. The first-order valence-electron chi connectivity index (χ1n) is 5.37. The molecule has 0 aliphatic heterocycles. The molecule has 1 amide bonds. The Hall–Kier alpha value is -1.66. The van der Waals surface area contributed by atoms with Crippen molar-refractivity contribution >= 4 is 11.6 Å². The van der Waals surface area contributed by atoms with Crippen molar-refractivity contribution in [3.63, 3.8) is 0 Å². The van der Waals surface area contributed by atoms with Gasteiger partial charge in [-0.1, -0.05) is 0 Å². The number of amides is 1. The maximum atomic E-state index is 13.5. The number of halogens is 1. The number of rotatable bonds is 5.